The molecule has 0 bridgehead atoms. The number of aromatic nitrogens is 1. The number of hydrogen-bond donors (Lipinski definition) is 4. The first-order valence-corrected chi connectivity index (χ1v) is 11.4. The van der Waals surface area contributed by atoms with Crippen LogP contribution in [0.15, 0.2) is 51.9 Å². The van der Waals surface area contributed by atoms with Crippen LogP contribution in [-0.4, -0.2) is 17.6 Å². The van der Waals surface area contributed by atoms with Crippen molar-refractivity contribution >= 4 is 39.2 Å². The normalized spacial score (nSPS) is 13.9. The van der Waals surface area contributed by atoms with E-state index in [0.717, 1.165) is 10.0 Å². The number of nitrogen functional groups attached to an aromatic ring is 2. The maximum absolute atomic E-state index is 9.51. The van der Waals surface area contributed by atoms with Crippen molar-refractivity contribution in [3.8, 4) is 23.8 Å². The summed E-state index contributed by atoms with van der Waals surface area (Å²) in [5.41, 5.74) is 14.6. The summed E-state index contributed by atoms with van der Waals surface area (Å²) in [6.07, 6.45) is 1.84. The van der Waals surface area contributed by atoms with E-state index in [1.807, 2.05) is 49.5 Å². The first-order chi connectivity index (χ1) is 16.9. The van der Waals surface area contributed by atoms with Gasteiger partial charge in [-0.25, -0.2) is 9.98 Å². The van der Waals surface area contributed by atoms with Gasteiger partial charge in [0.2, 0.25) is 5.96 Å². The van der Waals surface area contributed by atoms with Gasteiger partial charge in [0.05, 0.1) is 12.3 Å². The van der Waals surface area contributed by atoms with Gasteiger partial charge in [-0.05, 0) is 42.3 Å². The standard InChI is InChI=1S/C24H21BrN8O2/c1-2-34-18-9-14(6-7-17(18)35-11-13-4-3-5-15(25)8-13)21-19-20(28)16(10-26)22(29)32-23(19)33-24(31-21)30-12-27/h3-9,21H,2,11H2,1H3,(H6,28,29,30,31,32,33). The number of benzene rings is 2. The Kier molecular flexibility index (Phi) is 6.90. The smallest absolute Gasteiger partial charge is 0.211 e. The highest BCUT2D eigenvalue weighted by Gasteiger charge is 2.30. The number of ether oxygens (including phenoxy) is 2. The van der Waals surface area contributed by atoms with Gasteiger partial charge < -0.3 is 26.3 Å². The summed E-state index contributed by atoms with van der Waals surface area (Å²) in [6.45, 7) is 2.65. The number of anilines is 3. The second-order valence-corrected chi connectivity index (χ2v) is 8.38. The fourth-order valence-corrected chi connectivity index (χ4v) is 4.14. The molecule has 1 aromatic heterocycles. The summed E-state index contributed by atoms with van der Waals surface area (Å²) >= 11 is 3.46. The lowest BCUT2D eigenvalue weighted by Gasteiger charge is -2.26. The summed E-state index contributed by atoms with van der Waals surface area (Å²) in [5.74, 6) is 1.55. The number of aliphatic imine (C=N–C) groups is 1. The maximum atomic E-state index is 9.51. The third-order valence-corrected chi connectivity index (χ3v) is 5.72. The van der Waals surface area contributed by atoms with Crippen LogP contribution in [0.1, 0.15) is 35.2 Å². The summed E-state index contributed by atoms with van der Waals surface area (Å²) in [5, 5.41) is 24.0. The number of rotatable bonds is 6. The van der Waals surface area contributed by atoms with Gasteiger partial charge in [0, 0.05) is 10.0 Å². The summed E-state index contributed by atoms with van der Waals surface area (Å²) in [6, 6.07) is 14.6. The van der Waals surface area contributed by atoms with E-state index in [-0.39, 0.29) is 23.0 Å². The third-order valence-electron chi connectivity index (χ3n) is 5.22. The summed E-state index contributed by atoms with van der Waals surface area (Å²) in [4.78, 5) is 8.86. The molecule has 0 fully saturated rings. The monoisotopic (exact) mass is 532 g/mol. The Morgan fingerprint density at radius 1 is 1.14 bits per heavy atom. The minimum atomic E-state index is -0.680. The number of pyridine rings is 1. The Labute approximate surface area is 210 Å². The Morgan fingerprint density at radius 3 is 2.69 bits per heavy atom. The van der Waals surface area contributed by atoms with Gasteiger partial charge in [0.1, 0.15) is 35.9 Å². The van der Waals surface area contributed by atoms with E-state index in [0.29, 0.717) is 41.7 Å². The van der Waals surface area contributed by atoms with Crippen molar-refractivity contribution in [3.63, 3.8) is 0 Å². The average Bonchev–Trinajstić information content (AvgIpc) is 2.83. The summed E-state index contributed by atoms with van der Waals surface area (Å²) in [7, 11) is 0. The topological polar surface area (TPSA) is 167 Å². The molecule has 0 saturated carbocycles. The Bertz CT molecular complexity index is 1390. The van der Waals surface area contributed by atoms with Gasteiger partial charge in [0.15, 0.2) is 17.7 Å². The van der Waals surface area contributed by atoms with Crippen molar-refractivity contribution < 1.29 is 9.47 Å². The molecule has 176 valence electrons. The van der Waals surface area contributed by atoms with Crippen LogP contribution in [0, 0.1) is 22.8 Å². The highest BCUT2D eigenvalue weighted by atomic mass is 79.9. The molecule has 1 atom stereocenters. The van der Waals surface area contributed by atoms with Crippen LogP contribution in [-0.2, 0) is 6.61 Å². The Hall–Kier alpha value is -4.48. The molecule has 3 aromatic rings. The predicted octanol–water partition coefficient (Wildman–Crippen LogP) is 3.80. The van der Waals surface area contributed by atoms with Gasteiger partial charge in [-0.2, -0.15) is 10.5 Å². The fourth-order valence-electron chi connectivity index (χ4n) is 3.69. The molecular weight excluding hydrogens is 512 g/mol. The molecule has 4 rings (SSSR count). The lowest BCUT2D eigenvalue weighted by molar-refractivity contribution is 0.269. The van der Waals surface area contributed by atoms with Crippen molar-refractivity contribution in [3.05, 3.63) is 69.2 Å². The number of nitrogens with one attached hydrogen (secondary N) is 2. The van der Waals surface area contributed by atoms with Gasteiger partial charge in [-0.15, -0.1) is 0 Å². The van der Waals surface area contributed by atoms with Crippen LogP contribution in [0.3, 0.4) is 0 Å². The Morgan fingerprint density at radius 2 is 1.97 bits per heavy atom. The van der Waals surface area contributed by atoms with Crippen LogP contribution < -0.4 is 31.6 Å². The maximum Gasteiger partial charge on any atom is 0.211 e. The third kappa shape index (κ3) is 4.90. The molecule has 0 saturated heterocycles. The first-order valence-electron chi connectivity index (χ1n) is 10.6. The van der Waals surface area contributed by atoms with Crippen LogP contribution in [0.5, 0.6) is 11.5 Å². The molecule has 1 aliphatic heterocycles. The molecule has 10 nitrogen and oxygen atoms in total. The van der Waals surface area contributed by atoms with Gasteiger partial charge in [0.25, 0.3) is 0 Å². The minimum absolute atomic E-state index is 0.0143. The summed E-state index contributed by atoms with van der Waals surface area (Å²) < 4.78 is 12.8. The van der Waals surface area contributed by atoms with Crippen LogP contribution >= 0.6 is 15.9 Å². The number of nitrogens with zero attached hydrogens (tertiary/aromatic N) is 4. The molecule has 6 N–H and O–H groups in total. The number of hydrogen-bond acceptors (Lipinski definition) is 10. The van der Waals surface area contributed by atoms with Crippen LogP contribution in [0.4, 0.5) is 17.3 Å². The van der Waals surface area contributed by atoms with Crippen LogP contribution in [0.25, 0.3) is 0 Å². The molecular formula is C24H21BrN8O2. The van der Waals surface area contributed by atoms with Gasteiger partial charge in [-0.3, -0.25) is 5.32 Å². The minimum Gasteiger partial charge on any atom is -0.490 e. The van der Waals surface area contributed by atoms with Crippen LogP contribution in [0.2, 0.25) is 0 Å². The number of guanidine groups is 1. The van der Waals surface area contributed by atoms with Crippen molar-refractivity contribution in [1.82, 2.24) is 10.3 Å². The van der Waals surface area contributed by atoms with E-state index in [1.54, 1.807) is 12.1 Å². The molecule has 2 aromatic carbocycles. The number of nitriles is 2. The van der Waals surface area contributed by atoms with E-state index in [1.165, 1.54) is 0 Å². The largest absolute Gasteiger partial charge is 0.490 e. The van der Waals surface area contributed by atoms with Crippen molar-refractivity contribution in [2.45, 2.75) is 19.6 Å². The first kappa shape index (κ1) is 23.7. The highest BCUT2D eigenvalue weighted by molar-refractivity contribution is 9.10. The predicted molar refractivity (Wildman–Crippen MR) is 136 cm³/mol. The molecule has 0 spiro atoms. The molecule has 1 unspecified atom stereocenters. The molecule has 35 heavy (non-hydrogen) atoms. The number of halogens is 1. The molecule has 2 heterocycles. The molecule has 0 aliphatic carbocycles. The van der Waals surface area contributed by atoms with Gasteiger partial charge in [-0.1, -0.05) is 34.1 Å². The zero-order valence-electron chi connectivity index (χ0n) is 18.7. The van der Waals surface area contributed by atoms with E-state index in [4.69, 9.17) is 26.2 Å². The quantitative estimate of drug-likeness (QED) is 0.272. The number of nitrogens with two attached hydrogens (primary N) is 2. The second-order valence-electron chi connectivity index (χ2n) is 7.46. The Balaban J connectivity index is 1.75. The van der Waals surface area contributed by atoms with E-state index < -0.39 is 6.04 Å². The average molecular weight is 533 g/mol. The van der Waals surface area contributed by atoms with E-state index in [9.17, 15) is 5.26 Å². The molecule has 1 aliphatic rings. The van der Waals surface area contributed by atoms with Gasteiger partial charge >= 0.3 is 0 Å². The van der Waals surface area contributed by atoms with Crippen molar-refractivity contribution in [2.24, 2.45) is 4.99 Å². The molecule has 0 radical (unpaired) electrons. The molecule has 11 heteroatoms. The number of fused-ring (bicyclic) bond motifs is 1. The van der Waals surface area contributed by atoms with E-state index in [2.05, 4.69) is 36.5 Å². The lowest BCUT2D eigenvalue weighted by Crippen LogP contribution is -2.32. The zero-order valence-corrected chi connectivity index (χ0v) is 20.3. The second kappa shape index (κ2) is 10.2. The van der Waals surface area contributed by atoms with Crippen molar-refractivity contribution in [1.29, 1.82) is 10.5 Å². The lowest BCUT2D eigenvalue weighted by atomic mass is 9.95. The fraction of sp³-hybridized carbons (Fsp3) is 0.167. The zero-order chi connectivity index (χ0) is 24.9. The van der Waals surface area contributed by atoms with Crippen molar-refractivity contribution in [2.75, 3.05) is 23.4 Å². The highest BCUT2D eigenvalue weighted by Crippen LogP contribution is 2.42. The van der Waals surface area contributed by atoms with E-state index >= 15 is 0 Å². The SMILES string of the molecule is CCOc1cc(C2N=C(NC#N)Nc3nc(N)c(C#N)c(N)c32)ccc1OCc1cccc(Br)c1. The molecule has 0 amide bonds.